The van der Waals surface area contributed by atoms with Crippen LogP contribution in [0.15, 0.2) is 0 Å². The van der Waals surface area contributed by atoms with E-state index in [0.717, 1.165) is 19.5 Å². The first-order valence-electron chi connectivity index (χ1n) is 7.63. The SMILES string of the molecule is CCC1CN(C(=O)C(C)(C)NC(C)=O)CCN1CCOC. The number of amides is 2. The first-order valence-corrected chi connectivity index (χ1v) is 7.63. The number of carbonyl (C=O) groups is 2. The van der Waals surface area contributed by atoms with Gasteiger partial charge >= 0.3 is 0 Å². The number of nitrogens with one attached hydrogen (secondary N) is 1. The first kappa shape index (κ1) is 17.9. The Bertz CT molecular complexity index is 371. The largest absolute Gasteiger partial charge is 0.383 e. The van der Waals surface area contributed by atoms with Crippen molar-refractivity contribution in [3.8, 4) is 0 Å². The number of methoxy groups -OCH3 is 1. The van der Waals surface area contributed by atoms with Crippen molar-refractivity contribution in [2.45, 2.75) is 45.7 Å². The van der Waals surface area contributed by atoms with Crippen LogP contribution in [0.4, 0.5) is 0 Å². The van der Waals surface area contributed by atoms with Crippen molar-refractivity contribution in [1.29, 1.82) is 0 Å². The highest BCUT2D eigenvalue weighted by atomic mass is 16.5. The second-order valence-electron chi connectivity index (χ2n) is 6.15. The molecular formula is C15H29N3O3. The van der Waals surface area contributed by atoms with Gasteiger partial charge < -0.3 is 15.0 Å². The van der Waals surface area contributed by atoms with Gasteiger partial charge in [0, 0.05) is 46.3 Å². The molecule has 6 heteroatoms. The van der Waals surface area contributed by atoms with Gasteiger partial charge in [-0.2, -0.15) is 0 Å². The summed E-state index contributed by atoms with van der Waals surface area (Å²) in [5, 5.41) is 2.73. The molecule has 0 bridgehead atoms. The highest BCUT2D eigenvalue weighted by molar-refractivity contribution is 5.90. The fourth-order valence-electron chi connectivity index (χ4n) is 2.86. The normalized spacial score (nSPS) is 20.4. The van der Waals surface area contributed by atoms with Crippen LogP contribution < -0.4 is 5.32 Å². The second kappa shape index (κ2) is 7.75. The summed E-state index contributed by atoms with van der Waals surface area (Å²) < 4.78 is 5.14. The summed E-state index contributed by atoms with van der Waals surface area (Å²) in [5.41, 5.74) is -0.848. The van der Waals surface area contributed by atoms with Gasteiger partial charge in [-0.3, -0.25) is 14.5 Å². The van der Waals surface area contributed by atoms with Crippen LogP contribution in [0, 0.1) is 0 Å². The van der Waals surface area contributed by atoms with E-state index in [1.165, 1.54) is 6.92 Å². The lowest BCUT2D eigenvalue weighted by Crippen LogP contribution is -2.62. The van der Waals surface area contributed by atoms with Gasteiger partial charge in [0.1, 0.15) is 5.54 Å². The molecule has 0 saturated carbocycles. The van der Waals surface area contributed by atoms with Crippen LogP contribution in [0.1, 0.15) is 34.1 Å². The van der Waals surface area contributed by atoms with E-state index in [0.29, 0.717) is 25.7 Å². The summed E-state index contributed by atoms with van der Waals surface area (Å²) in [6, 6.07) is 0.353. The lowest BCUT2D eigenvalue weighted by molar-refractivity contribution is -0.142. The number of hydrogen-bond acceptors (Lipinski definition) is 4. The zero-order valence-electron chi connectivity index (χ0n) is 13.9. The smallest absolute Gasteiger partial charge is 0.247 e. The molecule has 0 aromatic heterocycles. The molecule has 2 amide bonds. The van der Waals surface area contributed by atoms with Gasteiger partial charge in [-0.05, 0) is 20.3 Å². The van der Waals surface area contributed by atoms with Crippen molar-refractivity contribution in [3.63, 3.8) is 0 Å². The fourth-order valence-corrected chi connectivity index (χ4v) is 2.86. The number of carbonyl (C=O) groups excluding carboxylic acids is 2. The van der Waals surface area contributed by atoms with E-state index in [2.05, 4.69) is 17.1 Å². The van der Waals surface area contributed by atoms with Gasteiger partial charge in [-0.15, -0.1) is 0 Å². The van der Waals surface area contributed by atoms with Crippen LogP contribution in [-0.4, -0.2) is 73.1 Å². The summed E-state index contributed by atoms with van der Waals surface area (Å²) in [6.45, 7) is 11.0. The molecule has 1 unspecified atom stereocenters. The Hall–Kier alpha value is -1.14. The molecule has 122 valence electrons. The molecule has 6 nitrogen and oxygen atoms in total. The minimum atomic E-state index is -0.848. The summed E-state index contributed by atoms with van der Waals surface area (Å²) in [5.74, 6) is -0.193. The topological polar surface area (TPSA) is 61.9 Å². The van der Waals surface area contributed by atoms with Crippen molar-refractivity contribution in [1.82, 2.24) is 15.1 Å². The van der Waals surface area contributed by atoms with Gasteiger partial charge in [0.05, 0.1) is 6.61 Å². The third kappa shape index (κ3) is 4.97. The van der Waals surface area contributed by atoms with E-state index >= 15 is 0 Å². The Morgan fingerprint density at radius 2 is 2.00 bits per heavy atom. The Labute approximate surface area is 127 Å². The standard InChI is InChI=1S/C15H29N3O3/c1-6-13-11-18(8-7-17(13)9-10-21-5)14(20)15(3,4)16-12(2)19/h13H,6-11H2,1-5H3,(H,16,19). The zero-order valence-corrected chi connectivity index (χ0v) is 13.9. The molecule has 1 aliphatic rings. The molecule has 0 aromatic rings. The number of piperazine rings is 1. The molecule has 1 atom stereocenters. The van der Waals surface area contributed by atoms with Gasteiger partial charge in [0.15, 0.2) is 0 Å². The zero-order chi connectivity index (χ0) is 16.0. The van der Waals surface area contributed by atoms with Crippen molar-refractivity contribution in [2.75, 3.05) is 39.9 Å². The Morgan fingerprint density at radius 1 is 1.33 bits per heavy atom. The van der Waals surface area contributed by atoms with Gasteiger partial charge in [-0.25, -0.2) is 0 Å². The molecule has 1 fully saturated rings. The first-order chi connectivity index (χ1) is 9.81. The van der Waals surface area contributed by atoms with Crippen LogP contribution in [0.25, 0.3) is 0 Å². The van der Waals surface area contributed by atoms with Crippen molar-refractivity contribution in [2.24, 2.45) is 0 Å². The van der Waals surface area contributed by atoms with Crippen LogP contribution in [0.3, 0.4) is 0 Å². The molecule has 0 spiro atoms. The van der Waals surface area contributed by atoms with E-state index in [9.17, 15) is 9.59 Å². The van der Waals surface area contributed by atoms with Gasteiger partial charge in [0.2, 0.25) is 11.8 Å². The quantitative estimate of drug-likeness (QED) is 0.774. The van der Waals surface area contributed by atoms with E-state index in [4.69, 9.17) is 4.74 Å². The molecule has 21 heavy (non-hydrogen) atoms. The second-order valence-corrected chi connectivity index (χ2v) is 6.15. The molecule has 1 aliphatic heterocycles. The average molecular weight is 299 g/mol. The summed E-state index contributed by atoms with van der Waals surface area (Å²) in [4.78, 5) is 28.1. The summed E-state index contributed by atoms with van der Waals surface area (Å²) >= 11 is 0. The van der Waals surface area contributed by atoms with E-state index in [1.807, 2.05) is 4.90 Å². The predicted octanol–water partition coefficient (Wildman–Crippen LogP) is 0.470. The van der Waals surface area contributed by atoms with E-state index < -0.39 is 5.54 Å². The molecule has 1 saturated heterocycles. The third-order valence-electron chi connectivity index (χ3n) is 3.97. The van der Waals surface area contributed by atoms with Crippen LogP contribution in [-0.2, 0) is 14.3 Å². The number of rotatable bonds is 6. The molecule has 0 radical (unpaired) electrons. The third-order valence-corrected chi connectivity index (χ3v) is 3.97. The lowest BCUT2D eigenvalue weighted by Gasteiger charge is -2.43. The lowest BCUT2D eigenvalue weighted by atomic mass is 10.0. The number of hydrogen-bond donors (Lipinski definition) is 1. The molecule has 0 aliphatic carbocycles. The molecule has 1 heterocycles. The number of nitrogens with zero attached hydrogens (tertiary/aromatic N) is 2. The maximum atomic E-state index is 12.6. The highest BCUT2D eigenvalue weighted by Crippen LogP contribution is 2.16. The van der Waals surface area contributed by atoms with Crippen LogP contribution >= 0.6 is 0 Å². The molecule has 1 rings (SSSR count). The van der Waals surface area contributed by atoms with Crippen molar-refractivity contribution < 1.29 is 14.3 Å². The monoisotopic (exact) mass is 299 g/mol. The Kier molecular flexibility index (Phi) is 6.61. The Balaban J connectivity index is 2.66. The minimum Gasteiger partial charge on any atom is -0.383 e. The summed E-state index contributed by atoms with van der Waals surface area (Å²) in [7, 11) is 1.71. The van der Waals surface area contributed by atoms with Crippen molar-refractivity contribution >= 4 is 11.8 Å². The predicted molar refractivity (Wildman–Crippen MR) is 82.0 cm³/mol. The molecule has 1 N–H and O–H groups in total. The van der Waals surface area contributed by atoms with Crippen LogP contribution in [0.2, 0.25) is 0 Å². The fraction of sp³-hybridized carbons (Fsp3) is 0.867. The minimum absolute atomic E-state index is 0.0115. The average Bonchev–Trinajstić information content (AvgIpc) is 2.42. The number of ether oxygens (including phenoxy) is 1. The Morgan fingerprint density at radius 3 is 2.52 bits per heavy atom. The van der Waals surface area contributed by atoms with Crippen LogP contribution in [0.5, 0.6) is 0 Å². The summed E-state index contributed by atoms with van der Waals surface area (Å²) in [6.07, 6.45) is 0.994. The van der Waals surface area contributed by atoms with E-state index in [-0.39, 0.29) is 11.8 Å². The highest BCUT2D eigenvalue weighted by Gasteiger charge is 2.36. The maximum Gasteiger partial charge on any atom is 0.247 e. The van der Waals surface area contributed by atoms with Gasteiger partial charge in [-0.1, -0.05) is 6.92 Å². The van der Waals surface area contributed by atoms with E-state index in [1.54, 1.807) is 21.0 Å². The van der Waals surface area contributed by atoms with Crippen molar-refractivity contribution in [3.05, 3.63) is 0 Å². The molecule has 0 aromatic carbocycles. The van der Waals surface area contributed by atoms with Gasteiger partial charge in [0.25, 0.3) is 0 Å². The maximum absolute atomic E-state index is 12.6. The molecular weight excluding hydrogens is 270 g/mol.